The third kappa shape index (κ3) is 3.76. The van der Waals surface area contributed by atoms with Crippen molar-refractivity contribution >= 4 is 17.5 Å². The Bertz CT molecular complexity index is 962. The van der Waals surface area contributed by atoms with Gasteiger partial charge in [0.15, 0.2) is 5.65 Å². The molecular weight excluding hydrogens is 354 g/mol. The van der Waals surface area contributed by atoms with Crippen LogP contribution >= 0.6 is 0 Å². The van der Waals surface area contributed by atoms with E-state index in [0.717, 1.165) is 42.4 Å². The third-order valence-electron chi connectivity index (χ3n) is 5.10. The van der Waals surface area contributed by atoms with Crippen LogP contribution in [0, 0.1) is 6.92 Å². The lowest BCUT2D eigenvalue weighted by Crippen LogP contribution is -2.52. The summed E-state index contributed by atoms with van der Waals surface area (Å²) in [7, 11) is 0. The molecule has 0 aliphatic carbocycles. The first-order valence-electron chi connectivity index (χ1n) is 9.68. The van der Waals surface area contributed by atoms with Gasteiger partial charge in [0.25, 0.3) is 0 Å². The van der Waals surface area contributed by atoms with Crippen LogP contribution in [-0.2, 0) is 0 Å². The number of urea groups is 1. The van der Waals surface area contributed by atoms with Gasteiger partial charge in [0, 0.05) is 44.3 Å². The van der Waals surface area contributed by atoms with E-state index in [1.54, 1.807) is 10.7 Å². The highest BCUT2D eigenvalue weighted by Crippen LogP contribution is 2.17. The standard InChI is InChI=1S/C20H25N7O/c1-3-16(17-6-4-5-15(2)22-17)23-20(28)26-13-11-25(12-14-26)19-8-7-18-21-9-10-27(18)24-19/h4-10,16H,3,11-14H2,1-2H3,(H,23,28). The fourth-order valence-electron chi connectivity index (χ4n) is 3.50. The Morgan fingerprint density at radius 2 is 2.00 bits per heavy atom. The number of aryl methyl sites for hydroxylation is 1. The molecule has 8 nitrogen and oxygen atoms in total. The predicted octanol–water partition coefficient (Wildman–Crippen LogP) is 2.42. The number of pyridine rings is 1. The highest BCUT2D eigenvalue weighted by molar-refractivity contribution is 5.75. The number of nitrogens with zero attached hydrogens (tertiary/aromatic N) is 6. The summed E-state index contributed by atoms with van der Waals surface area (Å²) in [6, 6.07) is 9.75. The van der Waals surface area contributed by atoms with Crippen molar-refractivity contribution in [3.8, 4) is 0 Å². The zero-order chi connectivity index (χ0) is 19.5. The van der Waals surface area contributed by atoms with Gasteiger partial charge in [0.05, 0.1) is 11.7 Å². The number of imidazole rings is 1. The van der Waals surface area contributed by atoms with Gasteiger partial charge in [-0.1, -0.05) is 13.0 Å². The van der Waals surface area contributed by atoms with Crippen LogP contribution in [0.1, 0.15) is 30.8 Å². The quantitative estimate of drug-likeness (QED) is 0.753. The average Bonchev–Trinajstić information content (AvgIpc) is 3.20. The summed E-state index contributed by atoms with van der Waals surface area (Å²) >= 11 is 0. The molecule has 1 unspecified atom stereocenters. The molecule has 0 saturated carbocycles. The molecule has 4 rings (SSSR count). The molecular formula is C20H25N7O. The number of fused-ring (bicyclic) bond motifs is 1. The largest absolute Gasteiger partial charge is 0.352 e. The van der Waals surface area contributed by atoms with Gasteiger partial charge in [-0.15, -0.1) is 5.10 Å². The molecule has 8 heteroatoms. The van der Waals surface area contributed by atoms with E-state index in [2.05, 4.69) is 32.2 Å². The summed E-state index contributed by atoms with van der Waals surface area (Å²) < 4.78 is 1.77. The molecule has 0 bridgehead atoms. The van der Waals surface area contributed by atoms with Crippen molar-refractivity contribution in [1.82, 2.24) is 29.8 Å². The van der Waals surface area contributed by atoms with E-state index < -0.39 is 0 Å². The SMILES string of the molecule is CCC(NC(=O)N1CCN(c2ccc3nccn3n2)CC1)c1cccc(C)n1. The molecule has 1 saturated heterocycles. The fourth-order valence-corrected chi connectivity index (χ4v) is 3.50. The summed E-state index contributed by atoms with van der Waals surface area (Å²) in [5.74, 6) is 0.904. The lowest BCUT2D eigenvalue weighted by molar-refractivity contribution is 0.189. The maximum absolute atomic E-state index is 12.7. The second-order valence-corrected chi connectivity index (χ2v) is 7.01. The Morgan fingerprint density at radius 1 is 1.18 bits per heavy atom. The minimum absolute atomic E-state index is 0.0344. The van der Waals surface area contributed by atoms with Crippen LogP contribution in [0.4, 0.5) is 10.6 Å². The lowest BCUT2D eigenvalue weighted by atomic mass is 10.1. The zero-order valence-corrected chi connectivity index (χ0v) is 16.2. The van der Waals surface area contributed by atoms with Crippen LogP contribution in [0.25, 0.3) is 5.65 Å². The average molecular weight is 379 g/mol. The normalized spacial score (nSPS) is 15.6. The van der Waals surface area contributed by atoms with Crippen molar-refractivity contribution in [3.63, 3.8) is 0 Å². The molecule has 146 valence electrons. The maximum atomic E-state index is 12.7. The summed E-state index contributed by atoms with van der Waals surface area (Å²) in [5, 5.41) is 7.72. The van der Waals surface area contributed by atoms with E-state index in [0.29, 0.717) is 13.1 Å². The number of rotatable bonds is 4. The van der Waals surface area contributed by atoms with Crippen LogP contribution in [-0.4, -0.2) is 56.7 Å². The van der Waals surface area contributed by atoms with Gasteiger partial charge in [-0.05, 0) is 37.6 Å². The van der Waals surface area contributed by atoms with E-state index in [4.69, 9.17) is 0 Å². The van der Waals surface area contributed by atoms with Crippen molar-refractivity contribution in [2.75, 3.05) is 31.1 Å². The predicted molar refractivity (Wildman–Crippen MR) is 107 cm³/mol. The molecule has 1 aliphatic heterocycles. The van der Waals surface area contributed by atoms with E-state index >= 15 is 0 Å². The maximum Gasteiger partial charge on any atom is 0.318 e. The number of aromatic nitrogens is 4. The number of hydrogen-bond acceptors (Lipinski definition) is 5. The first-order chi connectivity index (χ1) is 13.6. The summed E-state index contributed by atoms with van der Waals surface area (Å²) in [6.07, 6.45) is 4.38. The Kier molecular flexibility index (Phi) is 5.10. The molecule has 4 heterocycles. The van der Waals surface area contributed by atoms with Gasteiger partial charge >= 0.3 is 6.03 Å². The van der Waals surface area contributed by atoms with Gasteiger partial charge in [0.1, 0.15) is 5.82 Å². The summed E-state index contributed by atoms with van der Waals surface area (Å²) in [5.41, 5.74) is 2.70. The molecule has 3 aromatic rings. The minimum atomic E-state index is -0.0734. The first-order valence-corrected chi connectivity index (χ1v) is 9.68. The van der Waals surface area contributed by atoms with Crippen LogP contribution < -0.4 is 10.2 Å². The Balaban J connectivity index is 1.36. The zero-order valence-electron chi connectivity index (χ0n) is 16.2. The first kappa shape index (κ1) is 18.2. The monoisotopic (exact) mass is 379 g/mol. The van der Waals surface area contributed by atoms with Crippen LogP contribution in [0.15, 0.2) is 42.7 Å². The molecule has 2 amide bonds. The smallest absolute Gasteiger partial charge is 0.318 e. The van der Waals surface area contributed by atoms with Crippen molar-refractivity contribution in [2.45, 2.75) is 26.3 Å². The van der Waals surface area contributed by atoms with Gasteiger partial charge < -0.3 is 15.1 Å². The summed E-state index contributed by atoms with van der Waals surface area (Å²) in [6.45, 7) is 6.85. The second-order valence-electron chi connectivity index (χ2n) is 7.01. The van der Waals surface area contributed by atoms with Gasteiger partial charge in [-0.2, -0.15) is 0 Å². The molecule has 0 spiro atoms. The number of carbonyl (C=O) groups excluding carboxylic acids is 1. The highest BCUT2D eigenvalue weighted by atomic mass is 16.2. The van der Waals surface area contributed by atoms with Crippen molar-refractivity contribution < 1.29 is 4.79 Å². The van der Waals surface area contributed by atoms with Crippen LogP contribution in [0.3, 0.4) is 0 Å². The Hall–Kier alpha value is -3.16. The second kappa shape index (κ2) is 7.84. The van der Waals surface area contributed by atoms with E-state index in [-0.39, 0.29) is 12.1 Å². The topological polar surface area (TPSA) is 78.7 Å². The molecule has 1 N–H and O–H groups in total. The van der Waals surface area contributed by atoms with Gasteiger partial charge in [-0.25, -0.2) is 14.3 Å². The van der Waals surface area contributed by atoms with E-state index in [9.17, 15) is 4.79 Å². The summed E-state index contributed by atoms with van der Waals surface area (Å²) in [4.78, 5) is 25.6. The number of nitrogens with one attached hydrogen (secondary N) is 1. The highest BCUT2D eigenvalue weighted by Gasteiger charge is 2.24. The number of anilines is 1. The molecule has 0 aromatic carbocycles. The van der Waals surface area contributed by atoms with Crippen molar-refractivity contribution in [3.05, 3.63) is 54.1 Å². The molecule has 1 atom stereocenters. The Morgan fingerprint density at radius 3 is 2.75 bits per heavy atom. The van der Waals surface area contributed by atoms with E-state index in [1.165, 1.54) is 0 Å². The number of carbonyl (C=O) groups is 1. The number of piperazine rings is 1. The van der Waals surface area contributed by atoms with E-state index in [1.807, 2.05) is 48.4 Å². The van der Waals surface area contributed by atoms with Gasteiger partial charge in [-0.3, -0.25) is 4.98 Å². The number of amides is 2. The molecule has 28 heavy (non-hydrogen) atoms. The molecule has 3 aromatic heterocycles. The number of hydrogen-bond donors (Lipinski definition) is 1. The molecule has 0 radical (unpaired) electrons. The minimum Gasteiger partial charge on any atom is -0.352 e. The third-order valence-corrected chi connectivity index (χ3v) is 5.10. The fraction of sp³-hybridized carbons (Fsp3) is 0.400. The lowest BCUT2D eigenvalue weighted by Gasteiger charge is -2.36. The van der Waals surface area contributed by atoms with Crippen molar-refractivity contribution in [2.24, 2.45) is 0 Å². The van der Waals surface area contributed by atoms with Crippen molar-refractivity contribution in [1.29, 1.82) is 0 Å². The molecule has 1 fully saturated rings. The van der Waals surface area contributed by atoms with Gasteiger partial charge in [0.2, 0.25) is 0 Å². The molecule has 1 aliphatic rings. The van der Waals surface area contributed by atoms with Crippen LogP contribution in [0.2, 0.25) is 0 Å². The van der Waals surface area contributed by atoms with Crippen LogP contribution in [0.5, 0.6) is 0 Å². The Labute approximate surface area is 164 Å².